The molecule has 0 fully saturated rings. The van der Waals surface area contributed by atoms with Gasteiger partial charge < -0.3 is 19.7 Å². The fraction of sp³-hybridized carbons (Fsp3) is 0.174. The molecule has 0 saturated heterocycles. The van der Waals surface area contributed by atoms with Crippen molar-refractivity contribution in [2.24, 2.45) is 0 Å². The van der Waals surface area contributed by atoms with Crippen LogP contribution in [-0.4, -0.2) is 24.5 Å². The highest BCUT2D eigenvalue weighted by atomic mass is 16.6. The Hall–Kier alpha value is -3.91. The van der Waals surface area contributed by atoms with Crippen molar-refractivity contribution in [1.82, 2.24) is 0 Å². The normalized spacial score (nSPS) is 15.1. The van der Waals surface area contributed by atoms with E-state index in [0.717, 1.165) is 16.8 Å². The molecule has 1 N–H and O–H groups in total. The van der Waals surface area contributed by atoms with Crippen molar-refractivity contribution in [3.05, 3.63) is 94.0 Å². The second-order valence-corrected chi connectivity index (χ2v) is 7.05. The van der Waals surface area contributed by atoms with Gasteiger partial charge in [-0.1, -0.05) is 18.2 Å². The summed E-state index contributed by atoms with van der Waals surface area (Å²) in [5.41, 5.74) is 3.25. The summed E-state index contributed by atoms with van der Waals surface area (Å²) in [7, 11) is 1.58. The predicted molar refractivity (Wildman–Crippen MR) is 116 cm³/mol. The largest absolute Gasteiger partial charge is 0.497 e. The van der Waals surface area contributed by atoms with Crippen LogP contribution in [-0.2, 0) is 16.1 Å². The van der Waals surface area contributed by atoms with Gasteiger partial charge in [-0.2, -0.15) is 0 Å². The molecule has 1 unspecified atom stereocenters. The van der Waals surface area contributed by atoms with Crippen LogP contribution in [0.25, 0.3) is 0 Å². The van der Waals surface area contributed by atoms with Crippen molar-refractivity contribution in [3.63, 3.8) is 0 Å². The lowest BCUT2D eigenvalue weighted by Crippen LogP contribution is -2.40. The molecular weight excluding hydrogens is 398 g/mol. The first-order chi connectivity index (χ1) is 15.0. The van der Waals surface area contributed by atoms with Gasteiger partial charge in [0.15, 0.2) is 6.23 Å². The van der Waals surface area contributed by atoms with Crippen molar-refractivity contribution in [2.45, 2.75) is 12.8 Å². The summed E-state index contributed by atoms with van der Waals surface area (Å²) in [6.07, 6.45) is -0.544. The monoisotopic (exact) mass is 419 g/mol. The number of fused-ring (bicyclic) bond motifs is 1. The van der Waals surface area contributed by atoms with Crippen molar-refractivity contribution in [3.8, 4) is 5.75 Å². The quantitative estimate of drug-likeness (QED) is 0.474. The number of nitro benzene ring substituents is 1. The van der Waals surface area contributed by atoms with Crippen molar-refractivity contribution in [1.29, 1.82) is 0 Å². The first-order valence-electron chi connectivity index (χ1n) is 9.69. The Labute approximate surface area is 179 Å². The lowest BCUT2D eigenvalue weighted by Gasteiger charge is -2.38. The molecule has 31 heavy (non-hydrogen) atoms. The minimum absolute atomic E-state index is 0.00348. The fourth-order valence-corrected chi connectivity index (χ4v) is 3.53. The van der Waals surface area contributed by atoms with Gasteiger partial charge in [-0.25, -0.2) is 0 Å². The Morgan fingerprint density at radius 2 is 1.84 bits per heavy atom. The number of carbonyl (C=O) groups is 1. The van der Waals surface area contributed by atoms with E-state index in [1.54, 1.807) is 43.5 Å². The first kappa shape index (κ1) is 20.4. The number of hydrogen-bond acceptors (Lipinski definition) is 6. The summed E-state index contributed by atoms with van der Waals surface area (Å²) in [6.45, 7) is 0.430. The van der Waals surface area contributed by atoms with E-state index in [1.165, 1.54) is 12.1 Å². The second kappa shape index (κ2) is 8.85. The standard InChI is InChI=1S/C23H21N3O5/c1-30-20-12-8-18(9-13-20)24-22(27)14-25-21-5-3-2-4-17(21)15-31-23(25)16-6-10-19(11-7-16)26(28)29/h2-13,23H,14-15H2,1H3,(H,24,27). The zero-order valence-corrected chi connectivity index (χ0v) is 16.9. The number of rotatable bonds is 6. The average Bonchev–Trinajstić information content (AvgIpc) is 2.80. The van der Waals surface area contributed by atoms with Crippen LogP contribution in [0.3, 0.4) is 0 Å². The molecule has 1 amide bonds. The predicted octanol–water partition coefficient (Wildman–Crippen LogP) is 4.28. The first-order valence-corrected chi connectivity index (χ1v) is 9.69. The summed E-state index contributed by atoms with van der Waals surface area (Å²) in [4.78, 5) is 25.2. The Morgan fingerprint density at radius 1 is 1.13 bits per heavy atom. The molecule has 1 heterocycles. The Morgan fingerprint density at radius 3 is 2.52 bits per heavy atom. The highest BCUT2D eigenvalue weighted by molar-refractivity contribution is 5.94. The molecule has 3 aromatic carbocycles. The second-order valence-electron chi connectivity index (χ2n) is 7.05. The average molecular weight is 419 g/mol. The Kier molecular flexibility index (Phi) is 5.81. The number of para-hydroxylation sites is 1. The summed E-state index contributed by atoms with van der Waals surface area (Å²) < 4.78 is 11.2. The van der Waals surface area contributed by atoms with Gasteiger partial charge in [0.1, 0.15) is 12.3 Å². The molecular formula is C23H21N3O5. The number of nitro groups is 1. The van der Waals surface area contributed by atoms with Gasteiger partial charge in [0.2, 0.25) is 5.91 Å². The van der Waals surface area contributed by atoms with E-state index < -0.39 is 11.2 Å². The third kappa shape index (κ3) is 4.49. The number of non-ortho nitro benzene ring substituents is 1. The SMILES string of the molecule is COc1ccc(NC(=O)CN2c3ccccc3COC2c2ccc([N+](=O)[O-])cc2)cc1. The smallest absolute Gasteiger partial charge is 0.269 e. The highest BCUT2D eigenvalue weighted by Gasteiger charge is 2.30. The van der Waals surface area contributed by atoms with Gasteiger partial charge in [0.25, 0.3) is 5.69 Å². The van der Waals surface area contributed by atoms with Gasteiger partial charge in [-0.05, 0) is 42.5 Å². The summed E-state index contributed by atoms with van der Waals surface area (Å²) in [6, 6.07) is 21.0. The van der Waals surface area contributed by atoms with E-state index in [0.29, 0.717) is 18.0 Å². The molecule has 1 aliphatic rings. The molecule has 1 aliphatic heterocycles. The van der Waals surface area contributed by atoms with E-state index in [-0.39, 0.29) is 18.1 Å². The highest BCUT2D eigenvalue weighted by Crippen LogP contribution is 2.37. The number of nitrogens with one attached hydrogen (secondary N) is 1. The molecule has 0 spiro atoms. The van der Waals surface area contributed by atoms with Gasteiger partial charge in [0.05, 0.1) is 18.6 Å². The lowest BCUT2D eigenvalue weighted by molar-refractivity contribution is -0.384. The number of hydrogen-bond donors (Lipinski definition) is 1. The summed E-state index contributed by atoms with van der Waals surface area (Å²) in [5, 5.41) is 13.9. The van der Waals surface area contributed by atoms with Crippen LogP contribution in [0.5, 0.6) is 5.75 Å². The molecule has 0 saturated carbocycles. The number of methoxy groups -OCH3 is 1. The van der Waals surface area contributed by atoms with Crippen LogP contribution in [0.1, 0.15) is 17.4 Å². The summed E-state index contributed by atoms with van der Waals surface area (Å²) >= 11 is 0. The van der Waals surface area contributed by atoms with Gasteiger partial charge in [-0.15, -0.1) is 0 Å². The summed E-state index contributed by atoms with van der Waals surface area (Å²) in [5.74, 6) is 0.493. The maximum Gasteiger partial charge on any atom is 0.269 e. The van der Waals surface area contributed by atoms with E-state index in [4.69, 9.17) is 9.47 Å². The Balaban J connectivity index is 1.58. The van der Waals surface area contributed by atoms with Crippen LogP contribution in [0, 0.1) is 10.1 Å². The molecule has 3 aromatic rings. The zero-order chi connectivity index (χ0) is 21.8. The van der Waals surface area contributed by atoms with Crippen LogP contribution < -0.4 is 15.0 Å². The van der Waals surface area contributed by atoms with E-state index in [9.17, 15) is 14.9 Å². The van der Waals surface area contributed by atoms with Crippen molar-refractivity contribution in [2.75, 3.05) is 23.9 Å². The van der Waals surface area contributed by atoms with Crippen LogP contribution >= 0.6 is 0 Å². The molecule has 0 aliphatic carbocycles. The van der Waals surface area contributed by atoms with Crippen molar-refractivity contribution < 1.29 is 19.2 Å². The molecule has 8 heteroatoms. The molecule has 158 valence electrons. The number of anilines is 2. The molecule has 4 rings (SSSR count). The fourth-order valence-electron chi connectivity index (χ4n) is 3.53. The maximum absolute atomic E-state index is 12.8. The van der Waals surface area contributed by atoms with Gasteiger partial charge in [-0.3, -0.25) is 14.9 Å². The van der Waals surface area contributed by atoms with Crippen molar-refractivity contribution >= 4 is 23.0 Å². The minimum Gasteiger partial charge on any atom is -0.497 e. The minimum atomic E-state index is -0.544. The number of nitrogens with zero attached hydrogens (tertiary/aromatic N) is 2. The molecule has 0 bridgehead atoms. The number of carbonyl (C=O) groups excluding carboxylic acids is 1. The van der Waals surface area contributed by atoms with E-state index >= 15 is 0 Å². The number of ether oxygens (including phenoxy) is 2. The van der Waals surface area contributed by atoms with Gasteiger partial charge in [0, 0.05) is 34.6 Å². The maximum atomic E-state index is 12.8. The zero-order valence-electron chi connectivity index (χ0n) is 16.9. The molecule has 0 radical (unpaired) electrons. The number of amides is 1. The number of benzene rings is 3. The van der Waals surface area contributed by atoms with Crippen LogP contribution in [0.2, 0.25) is 0 Å². The molecule has 0 aromatic heterocycles. The topological polar surface area (TPSA) is 93.9 Å². The third-order valence-corrected chi connectivity index (χ3v) is 5.06. The Bertz CT molecular complexity index is 1080. The molecule has 8 nitrogen and oxygen atoms in total. The molecule has 1 atom stereocenters. The third-order valence-electron chi connectivity index (χ3n) is 5.06. The van der Waals surface area contributed by atoms with E-state index in [2.05, 4.69) is 5.32 Å². The van der Waals surface area contributed by atoms with Gasteiger partial charge >= 0.3 is 0 Å². The van der Waals surface area contributed by atoms with E-state index in [1.807, 2.05) is 29.2 Å². The lowest BCUT2D eigenvalue weighted by atomic mass is 10.1. The van der Waals surface area contributed by atoms with Crippen LogP contribution in [0.15, 0.2) is 72.8 Å². The van der Waals surface area contributed by atoms with Crippen LogP contribution in [0.4, 0.5) is 17.1 Å².